The molecule has 0 fully saturated rings. The summed E-state index contributed by atoms with van der Waals surface area (Å²) in [5, 5.41) is 11.0. The quantitative estimate of drug-likeness (QED) is 0.549. The minimum atomic E-state index is -0.365. The zero-order valence-corrected chi connectivity index (χ0v) is 17.9. The van der Waals surface area contributed by atoms with E-state index in [-0.39, 0.29) is 24.4 Å². The summed E-state index contributed by atoms with van der Waals surface area (Å²) >= 11 is 0. The molecule has 2 heterocycles. The number of hydrogen-bond acceptors (Lipinski definition) is 5. The average molecular weight is 393 g/mol. The highest BCUT2D eigenvalue weighted by Gasteiger charge is 2.35. The highest BCUT2D eigenvalue weighted by molar-refractivity contribution is 5.87. The first kappa shape index (κ1) is 22.3. The third kappa shape index (κ3) is 6.29. The number of nitrogens with zero attached hydrogens (tertiary/aromatic N) is 5. The van der Waals surface area contributed by atoms with Gasteiger partial charge in [-0.2, -0.15) is 0 Å². The number of rotatable bonds is 12. The van der Waals surface area contributed by atoms with Crippen molar-refractivity contribution >= 4 is 11.8 Å². The van der Waals surface area contributed by atoms with Crippen LogP contribution in [0.4, 0.5) is 0 Å². The summed E-state index contributed by atoms with van der Waals surface area (Å²) in [5.41, 5.74) is 0.882. The summed E-state index contributed by atoms with van der Waals surface area (Å²) in [6, 6.07) is -0.365. The Morgan fingerprint density at radius 3 is 2.64 bits per heavy atom. The van der Waals surface area contributed by atoms with Gasteiger partial charge in [0, 0.05) is 6.54 Å². The predicted octanol–water partition coefficient (Wildman–Crippen LogP) is 1.84. The molecule has 0 aliphatic carbocycles. The van der Waals surface area contributed by atoms with E-state index in [1.807, 2.05) is 0 Å². The number of amides is 2. The summed E-state index contributed by atoms with van der Waals surface area (Å²) in [7, 11) is 0. The van der Waals surface area contributed by atoms with Crippen LogP contribution in [-0.2, 0) is 16.1 Å². The van der Waals surface area contributed by atoms with Crippen LogP contribution >= 0.6 is 0 Å². The van der Waals surface area contributed by atoms with Gasteiger partial charge in [0.1, 0.15) is 6.04 Å². The number of fused-ring (bicyclic) bond motifs is 1. The van der Waals surface area contributed by atoms with Crippen molar-refractivity contribution in [3.8, 4) is 0 Å². The summed E-state index contributed by atoms with van der Waals surface area (Å²) in [6.45, 7) is 12.8. The van der Waals surface area contributed by atoms with Crippen LogP contribution in [0.15, 0.2) is 6.20 Å². The van der Waals surface area contributed by atoms with Gasteiger partial charge < -0.3 is 15.1 Å². The minimum absolute atomic E-state index is 0.0427. The minimum Gasteiger partial charge on any atom is -0.355 e. The first-order chi connectivity index (χ1) is 13.5. The Bertz CT molecular complexity index is 624. The van der Waals surface area contributed by atoms with Crippen molar-refractivity contribution in [2.45, 2.75) is 66.0 Å². The maximum atomic E-state index is 12.9. The fourth-order valence-corrected chi connectivity index (χ4v) is 3.74. The molecule has 0 radical (unpaired) electrons. The zero-order valence-electron chi connectivity index (χ0n) is 17.9. The normalized spacial score (nSPS) is 16.7. The van der Waals surface area contributed by atoms with Gasteiger partial charge >= 0.3 is 0 Å². The zero-order chi connectivity index (χ0) is 20.5. The second-order valence-electron chi connectivity index (χ2n) is 8.05. The van der Waals surface area contributed by atoms with Gasteiger partial charge in [-0.25, -0.2) is 4.68 Å². The fraction of sp³-hybridized carbons (Fsp3) is 0.800. The lowest BCUT2D eigenvalue weighted by Gasteiger charge is -2.33. The van der Waals surface area contributed by atoms with Crippen molar-refractivity contribution in [3.05, 3.63) is 11.9 Å². The largest absolute Gasteiger partial charge is 0.355 e. The predicted molar refractivity (Wildman–Crippen MR) is 109 cm³/mol. The van der Waals surface area contributed by atoms with Gasteiger partial charge in [-0.05, 0) is 51.2 Å². The summed E-state index contributed by atoms with van der Waals surface area (Å²) in [4.78, 5) is 29.3. The molecule has 1 aromatic heterocycles. The van der Waals surface area contributed by atoms with E-state index in [0.29, 0.717) is 25.4 Å². The van der Waals surface area contributed by atoms with Gasteiger partial charge in [0.25, 0.3) is 0 Å². The molecule has 2 amide bonds. The Hall–Kier alpha value is -1.96. The fourth-order valence-electron chi connectivity index (χ4n) is 3.74. The number of carbonyl (C=O) groups excluding carboxylic acids is 2. The topological polar surface area (TPSA) is 83.4 Å². The Balaban J connectivity index is 1.82. The smallest absolute Gasteiger partial charge is 0.248 e. The molecular weight excluding hydrogens is 356 g/mol. The maximum absolute atomic E-state index is 12.9. The second kappa shape index (κ2) is 11.1. The molecule has 0 aromatic carbocycles. The van der Waals surface area contributed by atoms with E-state index in [4.69, 9.17) is 0 Å². The number of hydrogen-bond donors (Lipinski definition) is 1. The third-order valence-electron chi connectivity index (χ3n) is 4.98. The molecule has 1 aliphatic rings. The highest BCUT2D eigenvalue weighted by atomic mass is 16.2. The van der Waals surface area contributed by atoms with Gasteiger partial charge in [0.05, 0.1) is 25.0 Å². The van der Waals surface area contributed by atoms with Crippen molar-refractivity contribution in [3.63, 3.8) is 0 Å². The molecule has 1 N–H and O–H groups in total. The van der Waals surface area contributed by atoms with E-state index < -0.39 is 0 Å². The van der Waals surface area contributed by atoms with Crippen molar-refractivity contribution in [1.29, 1.82) is 0 Å². The molecule has 0 saturated carbocycles. The van der Waals surface area contributed by atoms with Crippen molar-refractivity contribution in [2.24, 2.45) is 5.92 Å². The van der Waals surface area contributed by atoms with Crippen LogP contribution < -0.4 is 5.32 Å². The Morgan fingerprint density at radius 1 is 1.29 bits per heavy atom. The Morgan fingerprint density at radius 2 is 2.00 bits per heavy atom. The molecule has 8 heteroatoms. The lowest BCUT2D eigenvalue weighted by molar-refractivity contribution is -0.142. The molecule has 0 saturated heterocycles. The van der Waals surface area contributed by atoms with E-state index in [0.717, 1.165) is 44.6 Å². The van der Waals surface area contributed by atoms with Crippen molar-refractivity contribution in [1.82, 2.24) is 30.1 Å². The monoisotopic (exact) mass is 392 g/mol. The number of aromatic nitrogens is 3. The first-order valence-corrected chi connectivity index (χ1v) is 10.6. The number of nitrogens with one attached hydrogen (secondary N) is 1. The van der Waals surface area contributed by atoms with Crippen LogP contribution in [-0.4, -0.2) is 69.3 Å². The van der Waals surface area contributed by atoms with Crippen LogP contribution in [0.3, 0.4) is 0 Å². The average Bonchev–Trinajstić information content (AvgIpc) is 3.10. The van der Waals surface area contributed by atoms with E-state index in [1.165, 1.54) is 0 Å². The molecule has 0 bridgehead atoms. The molecule has 1 aliphatic heterocycles. The molecule has 158 valence electrons. The van der Waals surface area contributed by atoms with E-state index in [2.05, 4.69) is 48.2 Å². The maximum Gasteiger partial charge on any atom is 0.248 e. The van der Waals surface area contributed by atoms with E-state index in [9.17, 15) is 9.59 Å². The van der Waals surface area contributed by atoms with Crippen LogP contribution in [0.25, 0.3) is 0 Å². The molecule has 1 aromatic rings. The lowest BCUT2D eigenvalue weighted by Crippen LogP contribution is -2.47. The number of carbonyl (C=O) groups is 2. The molecule has 8 nitrogen and oxygen atoms in total. The first-order valence-electron chi connectivity index (χ1n) is 10.6. The SMILES string of the molecule is CCCN(CCC)CCCNC(=O)CN1Cc2cnnn2[C@@H](CC(C)C)C1=O. The standard InChI is InChI=1S/C20H36N6O2/c1-5-9-24(10-6-2)11-7-8-21-19(27)15-25-14-17-13-22-23-26(17)18(20(25)28)12-16(3)4/h13,16,18H,5-12,14-15H2,1-4H3,(H,21,27)/t18-/m0/s1. The van der Waals surface area contributed by atoms with E-state index >= 15 is 0 Å². The Labute approximate surface area is 168 Å². The summed E-state index contributed by atoms with van der Waals surface area (Å²) < 4.78 is 1.72. The van der Waals surface area contributed by atoms with Gasteiger partial charge in [-0.3, -0.25) is 9.59 Å². The molecule has 28 heavy (non-hydrogen) atoms. The molecule has 0 unspecified atom stereocenters. The van der Waals surface area contributed by atoms with Crippen LogP contribution in [0.5, 0.6) is 0 Å². The van der Waals surface area contributed by atoms with Gasteiger partial charge in [-0.1, -0.05) is 32.9 Å². The molecule has 1 atom stereocenters. The highest BCUT2D eigenvalue weighted by Crippen LogP contribution is 2.26. The van der Waals surface area contributed by atoms with E-state index in [1.54, 1.807) is 15.8 Å². The lowest BCUT2D eigenvalue weighted by atomic mass is 10.0. The second-order valence-corrected chi connectivity index (χ2v) is 8.05. The Kier molecular flexibility index (Phi) is 8.89. The van der Waals surface area contributed by atoms with Crippen LogP contribution in [0, 0.1) is 5.92 Å². The molecule has 2 rings (SSSR count). The molecular formula is C20H36N6O2. The van der Waals surface area contributed by atoms with Crippen molar-refractivity contribution < 1.29 is 9.59 Å². The van der Waals surface area contributed by atoms with Gasteiger partial charge in [0.15, 0.2) is 0 Å². The molecule has 0 spiro atoms. The van der Waals surface area contributed by atoms with Gasteiger partial charge in [-0.15, -0.1) is 5.10 Å². The third-order valence-corrected chi connectivity index (χ3v) is 4.98. The van der Waals surface area contributed by atoms with Crippen LogP contribution in [0.1, 0.15) is 65.1 Å². The van der Waals surface area contributed by atoms with Crippen LogP contribution in [0.2, 0.25) is 0 Å². The van der Waals surface area contributed by atoms with Gasteiger partial charge in [0.2, 0.25) is 11.8 Å². The summed E-state index contributed by atoms with van der Waals surface area (Å²) in [5.74, 6) is 0.211. The van der Waals surface area contributed by atoms with Crippen molar-refractivity contribution in [2.75, 3.05) is 32.7 Å². The summed E-state index contributed by atoms with van der Waals surface area (Å²) in [6.07, 6.45) is 5.59.